The molecule has 122 valence electrons. The third kappa shape index (κ3) is 3.69. The summed E-state index contributed by atoms with van der Waals surface area (Å²) in [6.45, 7) is 0. The van der Waals surface area contributed by atoms with Crippen LogP contribution in [0.25, 0.3) is 0 Å². The second kappa shape index (κ2) is 6.53. The zero-order valence-corrected chi connectivity index (χ0v) is 13.3. The van der Waals surface area contributed by atoms with Crippen LogP contribution in [-0.2, 0) is 10.0 Å². The highest BCUT2D eigenvalue weighted by Crippen LogP contribution is 2.30. The number of carbonyl (C=O) groups is 1. The van der Waals surface area contributed by atoms with Crippen molar-refractivity contribution in [3.63, 3.8) is 0 Å². The van der Waals surface area contributed by atoms with Crippen molar-refractivity contribution < 1.29 is 22.7 Å². The zero-order valence-electron chi connectivity index (χ0n) is 12.4. The second-order valence-electron chi connectivity index (χ2n) is 4.42. The van der Waals surface area contributed by atoms with Crippen molar-refractivity contribution in [1.82, 2.24) is 4.98 Å². The van der Waals surface area contributed by atoms with Gasteiger partial charge in [0.25, 0.3) is 15.9 Å². The van der Waals surface area contributed by atoms with Crippen LogP contribution in [0.2, 0.25) is 0 Å². The van der Waals surface area contributed by atoms with Crippen LogP contribution in [0.4, 0.5) is 5.69 Å². The van der Waals surface area contributed by atoms with Gasteiger partial charge in [-0.3, -0.25) is 9.52 Å². The van der Waals surface area contributed by atoms with Gasteiger partial charge in [0.15, 0.2) is 11.5 Å². The molecule has 0 radical (unpaired) electrons. The molecular formula is C14H15N3O5S. The molecule has 0 aliphatic carbocycles. The third-order valence-corrected chi connectivity index (χ3v) is 4.31. The lowest BCUT2D eigenvalue weighted by Gasteiger charge is -2.11. The number of primary amides is 1. The van der Waals surface area contributed by atoms with Gasteiger partial charge in [0.05, 0.1) is 31.0 Å². The molecule has 1 aromatic heterocycles. The fraction of sp³-hybridized carbons (Fsp3) is 0.143. The summed E-state index contributed by atoms with van der Waals surface area (Å²) < 4.78 is 37.2. The molecule has 0 fully saturated rings. The standard InChI is InChI=1S/C14H15N3O5S/c1-21-12-6-4-10(7-13(12)22-2)23(19,20)17-9-3-5-11(14(15)18)16-8-9/h3-8,17H,1-2H3,(H2,15,18). The van der Waals surface area contributed by atoms with E-state index >= 15 is 0 Å². The second-order valence-corrected chi connectivity index (χ2v) is 6.10. The predicted octanol–water partition coefficient (Wildman–Crippen LogP) is 0.998. The number of pyridine rings is 1. The maximum Gasteiger partial charge on any atom is 0.267 e. The summed E-state index contributed by atoms with van der Waals surface area (Å²) >= 11 is 0. The smallest absolute Gasteiger partial charge is 0.267 e. The molecule has 0 unspecified atom stereocenters. The Morgan fingerprint density at radius 2 is 1.83 bits per heavy atom. The molecule has 2 rings (SSSR count). The number of benzene rings is 1. The van der Waals surface area contributed by atoms with Gasteiger partial charge in [-0.2, -0.15) is 0 Å². The van der Waals surface area contributed by atoms with Crippen molar-refractivity contribution in [2.24, 2.45) is 5.73 Å². The van der Waals surface area contributed by atoms with Gasteiger partial charge in [0.1, 0.15) is 5.69 Å². The molecule has 1 aromatic carbocycles. The lowest BCUT2D eigenvalue weighted by Crippen LogP contribution is -2.15. The van der Waals surface area contributed by atoms with Gasteiger partial charge in [-0.25, -0.2) is 13.4 Å². The number of sulfonamides is 1. The average molecular weight is 337 g/mol. The summed E-state index contributed by atoms with van der Waals surface area (Å²) in [6, 6.07) is 6.93. The fourth-order valence-corrected chi connectivity index (χ4v) is 2.86. The number of nitrogens with zero attached hydrogens (tertiary/aromatic N) is 1. The van der Waals surface area contributed by atoms with E-state index in [-0.39, 0.29) is 22.0 Å². The normalized spacial score (nSPS) is 10.9. The van der Waals surface area contributed by atoms with E-state index in [9.17, 15) is 13.2 Å². The topological polar surface area (TPSA) is 121 Å². The molecule has 0 aliphatic heterocycles. The van der Waals surface area contributed by atoms with Gasteiger partial charge in [-0.1, -0.05) is 0 Å². The quantitative estimate of drug-likeness (QED) is 0.811. The zero-order chi connectivity index (χ0) is 17.0. The summed E-state index contributed by atoms with van der Waals surface area (Å²) in [5.41, 5.74) is 5.32. The minimum absolute atomic E-state index is 0.00544. The largest absolute Gasteiger partial charge is 0.493 e. The van der Waals surface area contributed by atoms with Gasteiger partial charge < -0.3 is 15.2 Å². The van der Waals surface area contributed by atoms with Crippen molar-refractivity contribution in [2.45, 2.75) is 4.90 Å². The summed E-state index contributed by atoms with van der Waals surface area (Å²) in [7, 11) is -0.980. The lowest BCUT2D eigenvalue weighted by molar-refractivity contribution is 0.0995. The Hall–Kier alpha value is -2.81. The van der Waals surface area contributed by atoms with Crippen molar-refractivity contribution in [1.29, 1.82) is 0 Å². The van der Waals surface area contributed by atoms with E-state index in [1.165, 1.54) is 50.7 Å². The Labute approximate surface area is 133 Å². The highest BCUT2D eigenvalue weighted by molar-refractivity contribution is 7.92. The average Bonchev–Trinajstić information content (AvgIpc) is 2.54. The summed E-state index contributed by atoms with van der Waals surface area (Å²) in [5.74, 6) is 0.0100. The highest BCUT2D eigenvalue weighted by Gasteiger charge is 2.17. The molecule has 8 nitrogen and oxygen atoms in total. The minimum Gasteiger partial charge on any atom is -0.493 e. The molecule has 1 heterocycles. The van der Waals surface area contributed by atoms with Crippen LogP contribution in [0.5, 0.6) is 11.5 Å². The van der Waals surface area contributed by atoms with E-state index in [0.717, 1.165) is 0 Å². The first-order valence-electron chi connectivity index (χ1n) is 6.38. The highest BCUT2D eigenvalue weighted by atomic mass is 32.2. The van der Waals surface area contributed by atoms with Crippen LogP contribution < -0.4 is 19.9 Å². The maximum atomic E-state index is 12.4. The molecular weight excluding hydrogens is 322 g/mol. The number of carbonyl (C=O) groups excluding carboxylic acids is 1. The van der Waals surface area contributed by atoms with Gasteiger partial charge >= 0.3 is 0 Å². The SMILES string of the molecule is COc1ccc(S(=O)(=O)Nc2ccc(C(N)=O)nc2)cc1OC. The van der Waals surface area contributed by atoms with Crippen LogP contribution in [0.1, 0.15) is 10.5 Å². The molecule has 0 saturated heterocycles. The number of nitrogens with two attached hydrogens (primary N) is 1. The third-order valence-electron chi connectivity index (χ3n) is 2.93. The van der Waals surface area contributed by atoms with E-state index in [0.29, 0.717) is 5.75 Å². The van der Waals surface area contributed by atoms with E-state index in [1.807, 2.05) is 0 Å². The molecule has 1 amide bonds. The fourth-order valence-electron chi connectivity index (χ4n) is 1.80. The van der Waals surface area contributed by atoms with Crippen LogP contribution in [-0.4, -0.2) is 33.5 Å². The van der Waals surface area contributed by atoms with E-state index in [4.69, 9.17) is 15.2 Å². The first-order chi connectivity index (χ1) is 10.9. The molecule has 23 heavy (non-hydrogen) atoms. The van der Waals surface area contributed by atoms with Crippen LogP contribution >= 0.6 is 0 Å². The Bertz CT molecular complexity index is 819. The maximum absolute atomic E-state index is 12.4. The van der Waals surface area contributed by atoms with Crippen molar-refractivity contribution in [3.8, 4) is 11.5 Å². The van der Waals surface area contributed by atoms with Crippen molar-refractivity contribution in [3.05, 3.63) is 42.2 Å². The molecule has 0 bridgehead atoms. The lowest BCUT2D eigenvalue weighted by atomic mass is 10.3. The first kappa shape index (κ1) is 16.6. The molecule has 3 N–H and O–H groups in total. The summed E-state index contributed by atoms with van der Waals surface area (Å²) in [4.78, 5) is 14.7. The number of ether oxygens (including phenoxy) is 2. The van der Waals surface area contributed by atoms with Gasteiger partial charge in [0.2, 0.25) is 0 Å². The van der Waals surface area contributed by atoms with Gasteiger partial charge in [-0.05, 0) is 24.3 Å². The Morgan fingerprint density at radius 1 is 1.13 bits per heavy atom. The molecule has 0 saturated carbocycles. The number of amides is 1. The Balaban J connectivity index is 2.29. The van der Waals surface area contributed by atoms with Crippen molar-refractivity contribution >= 4 is 21.6 Å². The Kier molecular flexibility index (Phi) is 4.70. The Morgan fingerprint density at radius 3 is 2.35 bits per heavy atom. The molecule has 0 spiro atoms. The number of nitrogens with one attached hydrogen (secondary N) is 1. The van der Waals surface area contributed by atoms with Crippen LogP contribution in [0, 0.1) is 0 Å². The number of rotatable bonds is 6. The molecule has 2 aromatic rings. The van der Waals surface area contributed by atoms with Crippen molar-refractivity contribution in [2.75, 3.05) is 18.9 Å². The van der Waals surface area contributed by atoms with Crippen LogP contribution in [0.15, 0.2) is 41.4 Å². The van der Waals surface area contributed by atoms with Gasteiger partial charge in [-0.15, -0.1) is 0 Å². The molecule has 0 aliphatic rings. The molecule has 9 heteroatoms. The van der Waals surface area contributed by atoms with Gasteiger partial charge in [0, 0.05) is 6.07 Å². The monoisotopic (exact) mass is 337 g/mol. The summed E-state index contributed by atoms with van der Waals surface area (Å²) in [5, 5.41) is 0. The first-order valence-corrected chi connectivity index (χ1v) is 7.86. The molecule has 0 atom stereocenters. The number of anilines is 1. The van der Waals surface area contributed by atoms with E-state index in [2.05, 4.69) is 9.71 Å². The van der Waals surface area contributed by atoms with E-state index in [1.54, 1.807) is 0 Å². The minimum atomic E-state index is -3.85. The summed E-state index contributed by atoms with van der Waals surface area (Å²) in [6.07, 6.45) is 1.21. The number of methoxy groups -OCH3 is 2. The van der Waals surface area contributed by atoms with E-state index < -0.39 is 15.9 Å². The number of hydrogen-bond acceptors (Lipinski definition) is 6. The number of aromatic nitrogens is 1. The van der Waals surface area contributed by atoms with Crippen LogP contribution in [0.3, 0.4) is 0 Å². The predicted molar refractivity (Wildman–Crippen MR) is 83.1 cm³/mol. The number of hydrogen-bond donors (Lipinski definition) is 2.